The van der Waals surface area contributed by atoms with Gasteiger partial charge >= 0.3 is 0 Å². The van der Waals surface area contributed by atoms with Gasteiger partial charge in [-0.3, -0.25) is 0 Å². The van der Waals surface area contributed by atoms with Crippen molar-refractivity contribution in [3.05, 3.63) is 11.3 Å². The minimum atomic E-state index is -0.102. The predicted molar refractivity (Wildman–Crippen MR) is 78.8 cm³/mol. The Hall–Kier alpha value is -1.07. The highest BCUT2D eigenvalue weighted by atomic mass is 16.5. The summed E-state index contributed by atoms with van der Waals surface area (Å²) in [6.45, 7) is 3.85. The maximum absolute atomic E-state index is 9.70. The van der Waals surface area contributed by atoms with E-state index in [-0.39, 0.29) is 6.10 Å². The molecule has 1 aliphatic carbocycles. The lowest BCUT2D eigenvalue weighted by atomic mass is 9.87. The van der Waals surface area contributed by atoms with Gasteiger partial charge in [0.2, 0.25) is 5.88 Å². The number of methoxy groups -OCH3 is 1. The second kappa shape index (κ2) is 7.09. The number of hydrogen-bond donors (Lipinski definition) is 2. The Morgan fingerprint density at radius 2 is 2.25 bits per heavy atom. The van der Waals surface area contributed by atoms with Gasteiger partial charge in [0.15, 0.2) is 0 Å². The van der Waals surface area contributed by atoms with Crippen molar-refractivity contribution in [2.45, 2.75) is 51.7 Å². The molecule has 0 radical (unpaired) electrons. The van der Waals surface area contributed by atoms with Crippen LogP contribution in [0.2, 0.25) is 0 Å². The highest BCUT2D eigenvalue weighted by molar-refractivity contribution is 5.31. The van der Waals surface area contributed by atoms with E-state index in [0.29, 0.717) is 5.92 Å². The second-order valence-electron chi connectivity index (χ2n) is 5.73. The molecule has 0 spiro atoms. The van der Waals surface area contributed by atoms with Crippen LogP contribution < -0.4 is 10.1 Å². The first-order valence-corrected chi connectivity index (χ1v) is 7.63. The fourth-order valence-electron chi connectivity index (χ4n) is 3.17. The Labute approximate surface area is 121 Å². The lowest BCUT2D eigenvalue weighted by Gasteiger charge is -2.26. The van der Waals surface area contributed by atoms with E-state index in [1.165, 1.54) is 6.42 Å². The zero-order valence-electron chi connectivity index (χ0n) is 12.9. The van der Waals surface area contributed by atoms with Gasteiger partial charge in [-0.25, -0.2) is 4.68 Å². The molecule has 1 aromatic rings. The Kier molecular flexibility index (Phi) is 5.43. The van der Waals surface area contributed by atoms with E-state index in [1.807, 2.05) is 7.05 Å². The quantitative estimate of drug-likeness (QED) is 0.832. The van der Waals surface area contributed by atoms with E-state index in [0.717, 1.165) is 55.9 Å². The van der Waals surface area contributed by atoms with E-state index < -0.39 is 0 Å². The monoisotopic (exact) mass is 281 g/mol. The molecule has 0 bridgehead atoms. The molecule has 1 aromatic heterocycles. The Morgan fingerprint density at radius 3 is 2.90 bits per heavy atom. The standard InChI is InChI=1S/C15H27N3O2/c1-4-14-13(15(20-3)18(2)17-14)10-16-9-11-6-5-7-12(19)8-11/h11-12,16,19H,4-10H2,1-3H3. The highest BCUT2D eigenvalue weighted by Crippen LogP contribution is 2.25. The van der Waals surface area contributed by atoms with Crippen LogP contribution in [-0.2, 0) is 20.0 Å². The SMILES string of the molecule is CCc1nn(C)c(OC)c1CNCC1CCCC(O)C1. The minimum absolute atomic E-state index is 0.102. The normalized spacial score (nSPS) is 23.0. The van der Waals surface area contributed by atoms with Gasteiger partial charge in [-0.1, -0.05) is 13.3 Å². The third-order valence-corrected chi connectivity index (χ3v) is 4.19. The number of nitrogens with zero attached hydrogens (tertiary/aromatic N) is 2. The number of nitrogens with one attached hydrogen (secondary N) is 1. The molecular formula is C15H27N3O2. The van der Waals surface area contributed by atoms with E-state index in [4.69, 9.17) is 4.74 Å². The van der Waals surface area contributed by atoms with Crippen molar-refractivity contribution in [2.24, 2.45) is 13.0 Å². The number of ether oxygens (including phenoxy) is 1. The van der Waals surface area contributed by atoms with Crippen molar-refractivity contribution < 1.29 is 9.84 Å². The van der Waals surface area contributed by atoms with Crippen LogP contribution in [0.1, 0.15) is 43.9 Å². The Bertz CT molecular complexity index is 431. The molecule has 1 aliphatic rings. The van der Waals surface area contributed by atoms with Crippen molar-refractivity contribution in [2.75, 3.05) is 13.7 Å². The molecule has 1 heterocycles. The first-order chi connectivity index (χ1) is 9.65. The van der Waals surface area contributed by atoms with Crippen LogP contribution in [0.25, 0.3) is 0 Å². The minimum Gasteiger partial charge on any atom is -0.481 e. The molecule has 2 unspecified atom stereocenters. The maximum atomic E-state index is 9.70. The van der Waals surface area contributed by atoms with Crippen LogP contribution in [0.3, 0.4) is 0 Å². The van der Waals surface area contributed by atoms with Crippen LogP contribution in [0.15, 0.2) is 0 Å². The lowest BCUT2D eigenvalue weighted by Crippen LogP contribution is -2.29. The van der Waals surface area contributed by atoms with Crippen LogP contribution in [0.5, 0.6) is 5.88 Å². The molecule has 114 valence electrons. The molecule has 5 heteroatoms. The predicted octanol–water partition coefficient (Wildman–Crippen LogP) is 1.63. The lowest BCUT2D eigenvalue weighted by molar-refractivity contribution is 0.101. The number of aliphatic hydroxyl groups is 1. The summed E-state index contributed by atoms with van der Waals surface area (Å²) in [4.78, 5) is 0. The number of rotatable bonds is 6. The molecule has 2 rings (SSSR count). The van der Waals surface area contributed by atoms with Gasteiger partial charge in [0, 0.05) is 13.6 Å². The third-order valence-electron chi connectivity index (χ3n) is 4.19. The van der Waals surface area contributed by atoms with Gasteiger partial charge in [0.05, 0.1) is 24.5 Å². The fourth-order valence-corrected chi connectivity index (χ4v) is 3.17. The van der Waals surface area contributed by atoms with E-state index in [9.17, 15) is 5.11 Å². The third kappa shape index (κ3) is 3.52. The van der Waals surface area contributed by atoms with E-state index in [1.54, 1.807) is 11.8 Å². The van der Waals surface area contributed by atoms with Crippen molar-refractivity contribution in [3.8, 4) is 5.88 Å². The summed E-state index contributed by atoms with van der Waals surface area (Å²) in [5, 5.41) is 17.7. The van der Waals surface area contributed by atoms with Crippen molar-refractivity contribution in [3.63, 3.8) is 0 Å². The summed E-state index contributed by atoms with van der Waals surface area (Å²) in [7, 11) is 3.61. The van der Waals surface area contributed by atoms with E-state index in [2.05, 4.69) is 17.3 Å². The Morgan fingerprint density at radius 1 is 1.45 bits per heavy atom. The van der Waals surface area contributed by atoms with E-state index >= 15 is 0 Å². The van der Waals surface area contributed by atoms with Crippen molar-refractivity contribution in [1.29, 1.82) is 0 Å². The molecule has 1 fully saturated rings. The first-order valence-electron chi connectivity index (χ1n) is 7.63. The molecule has 0 saturated heterocycles. The van der Waals surface area contributed by atoms with Gasteiger partial charge in [-0.05, 0) is 38.1 Å². The molecule has 2 atom stereocenters. The van der Waals surface area contributed by atoms with Crippen LogP contribution in [-0.4, -0.2) is 34.6 Å². The first kappa shape index (κ1) is 15.3. The van der Waals surface area contributed by atoms with Crippen LogP contribution in [0, 0.1) is 5.92 Å². The summed E-state index contributed by atoms with van der Waals surface area (Å²) in [6.07, 6.45) is 5.06. The second-order valence-corrected chi connectivity index (χ2v) is 5.73. The van der Waals surface area contributed by atoms with Gasteiger partial charge in [-0.2, -0.15) is 5.10 Å². The summed E-state index contributed by atoms with van der Waals surface area (Å²) >= 11 is 0. The maximum Gasteiger partial charge on any atom is 0.216 e. The zero-order valence-corrected chi connectivity index (χ0v) is 12.9. The Balaban J connectivity index is 1.90. The average Bonchev–Trinajstić information content (AvgIpc) is 2.74. The van der Waals surface area contributed by atoms with Gasteiger partial charge in [-0.15, -0.1) is 0 Å². The largest absolute Gasteiger partial charge is 0.481 e. The number of aliphatic hydroxyl groups excluding tert-OH is 1. The molecule has 0 aliphatic heterocycles. The van der Waals surface area contributed by atoms with Crippen LogP contribution >= 0.6 is 0 Å². The smallest absolute Gasteiger partial charge is 0.216 e. The molecular weight excluding hydrogens is 254 g/mol. The molecule has 20 heavy (non-hydrogen) atoms. The molecule has 2 N–H and O–H groups in total. The number of aryl methyl sites for hydroxylation is 2. The number of hydrogen-bond acceptors (Lipinski definition) is 4. The molecule has 5 nitrogen and oxygen atoms in total. The topological polar surface area (TPSA) is 59.3 Å². The number of aromatic nitrogens is 2. The zero-order chi connectivity index (χ0) is 14.5. The van der Waals surface area contributed by atoms with Crippen molar-refractivity contribution in [1.82, 2.24) is 15.1 Å². The van der Waals surface area contributed by atoms with Crippen LogP contribution in [0.4, 0.5) is 0 Å². The van der Waals surface area contributed by atoms with Gasteiger partial charge in [0.1, 0.15) is 0 Å². The average molecular weight is 281 g/mol. The summed E-state index contributed by atoms with van der Waals surface area (Å²) in [5.41, 5.74) is 2.26. The highest BCUT2D eigenvalue weighted by Gasteiger charge is 2.20. The molecule has 1 saturated carbocycles. The van der Waals surface area contributed by atoms with Gasteiger partial charge < -0.3 is 15.2 Å². The molecule has 0 aromatic carbocycles. The van der Waals surface area contributed by atoms with Crippen molar-refractivity contribution >= 4 is 0 Å². The van der Waals surface area contributed by atoms with Gasteiger partial charge in [0.25, 0.3) is 0 Å². The summed E-state index contributed by atoms with van der Waals surface area (Å²) in [6, 6.07) is 0. The fraction of sp³-hybridized carbons (Fsp3) is 0.800. The summed E-state index contributed by atoms with van der Waals surface area (Å²) < 4.78 is 7.24. The molecule has 0 amide bonds. The summed E-state index contributed by atoms with van der Waals surface area (Å²) in [5.74, 6) is 1.43.